The lowest BCUT2D eigenvalue weighted by Gasteiger charge is -2.16. The average molecular weight is 531 g/mol. The topological polar surface area (TPSA) is 140 Å². The summed E-state index contributed by atoms with van der Waals surface area (Å²) in [6.45, 7) is 0.581. The van der Waals surface area contributed by atoms with E-state index in [1.807, 2.05) is 0 Å². The predicted molar refractivity (Wildman–Crippen MR) is 132 cm³/mol. The largest absolute Gasteiger partial charge is 0.481 e. The molecule has 0 bridgehead atoms. The molecule has 202 valence electrons. The van der Waals surface area contributed by atoms with Crippen molar-refractivity contribution in [1.29, 1.82) is 0 Å². The van der Waals surface area contributed by atoms with Crippen LogP contribution in [0.15, 0.2) is 60.7 Å². The zero-order chi connectivity index (χ0) is 27.5. The number of ether oxygens (including phenoxy) is 2. The number of rotatable bonds is 14. The molecule has 1 heterocycles. The second kappa shape index (κ2) is 14.2. The first kappa shape index (κ1) is 28.7. The van der Waals surface area contributed by atoms with Gasteiger partial charge in [0, 0.05) is 19.1 Å². The second-order valence-corrected chi connectivity index (χ2v) is 8.25. The Kier molecular flexibility index (Phi) is 10.7. The summed E-state index contributed by atoms with van der Waals surface area (Å²) in [6, 6.07) is 11.2. The number of aliphatic carboxylic acids is 1. The number of methoxy groups -OCH3 is 1. The van der Waals surface area contributed by atoms with Crippen LogP contribution in [0.3, 0.4) is 0 Å². The summed E-state index contributed by atoms with van der Waals surface area (Å²) in [4.78, 5) is 10.9. The van der Waals surface area contributed by atoms with Crippen molar-refractivity contribution in [2.75, 3.05) is 20.3 Å². The van der Waals surface area contributed by atoms with E-state index in [2.05, 4.69) is 15.5 Å². The fraction of sp³-hybridized carbons (Fsp3) is 0.308. The maximum absolute atomic E-state index is 13.8. The van der Waals surface area contributed by atoms with Crippen molar-refractivity contribution in [1.82, 2.24) is 20.2 Å². The summed E-state index contributed by atoms with van der Waals surface area (Å²) in [5.41, 5.74) is 1.96. The third kappa shape index (κ3) is 8.35. The van der Waals surface area contributed by atoms with Crippen LogP contribution in [-0.2, 0) is 21.0 Å². The molecule has 0 spiro atoms. The quantitative estimate of drug-likeness (QED) is 0.212. The van der Waals surface area contributed by atoms with E-state index in [9.17, 15) is 23.8 Å². The lowest BCUT2D eigenvalue weighted by molar-refractivity contribution is -0.139. The van der Waals surface area contributed by atoms with Gasteiger partial charge in [-0.3, -0.25) is 4.79 Å². The Morgan fingerprint density at radius 3 is 2.18 bits per heavy atom. The van der Waals surface area contributed by atoms with Crippen LogP contribution in [0.2, 0.25) is 0 Å². The number of halogens is 2. The number of tetrazole rings is 1. The first-order valence-corrected chi connectivity index (χ1v) is 11.6. The van der Waals surface area contributed by atoms with E-state index in [0.717, 1.165) is 0 Å². The first-order valence-electron chi connectivity index (χ1n) is 11.6. The van der Waals surface area contributed by atoms with Gasteiger partial charge in [-0.1, -0.05) is 36.4 Å². The molecule has 0 fully saturated rings. The van der Waals surface area contributed by atoms with Gasteiger partial charge in [-0.2, -0.15) is 4.68 Å². The Bertz CT molecular complexity index is 1200. The van der Waals surface area contributed by atoms with Crippen LogP contribution < -0.4 is 0 Å². The Hall–Kier alpha value is -3.84. The van der Waals surface area contributed by atoms with E-state index in [4.69, 9.17) is 14.6 Å². The van der Waals surface area contributed by atoms with Gasteiger partial charge < -0.3 is 24.8 Å². The van der Waals surface area contributed by atoms with E-state index in [1.165, 1.54) is 72.5 Å². The van der Waals surface area contributed by atoms with Gasteiger partial charge in [-0.05, 0) is 51.4 Å². The Morgan fingerprint density at radius 1 is 1.03 bits per heavy atom. The molecule has 3 N–H and O–H groups in total. The maximum atomic E-state index is 13.8. The number of carbonyl (C=O) groups is 1. The van der Waals surface area contributed by atoms with Crippen LogP contribution in [0.25, 0.3) is 11.1 Å². The highest BCUT2D eigenvalue weighted by Gasteiger charge is 2.20. The van der Waals surface area contributed by atoms with Crippen molar-refractivity contribution in [3.63, 3.8) is 0 Å². The first-order chi connectivity index (χ1) is 18.3. The smallest absolute Gasteiger partial charge is 0.305 e. The van der Waals surface area contributed by atoms with Crippen molar-refractivity contribution in [2.24, 2.45) is 0 Å². The fourth-order valence-electron chi connectivity index (χ4n) is 3.61. The normalized spacial score (nSPS) is 13.0. The molecular weight excluding hydrogens is 502 g/mol. The van der Waals surface area contributed by atoms with Crippen LogP contribution in [0.1, 0.15) is 29.8 Å². The minimum Gasteiger partial charge on any atom is -0.481 e. The van der Waals surface area contributed by atoms with Gasteiger partial charge in [0.2, 0.25) is 0 Å². The van der Waals surface area contributed by atoms with E-state index < -0.39 is 36.2 Å². The molecular formula is C26H28F2N4O6. The van der Waals surface area contributed by atoms with Crippen molar-refractivity contribution in [3.05, 3.63) is 89.3 Å². The lowest BCUT2D eigenvalue weighted by atomic mass is 9.91. The number of nitrogens with zero attached hydrogens (tertiary/aromatic N) is 4. The number of benzene rings is 2. The number of allylic oxidation sites excluding steroid dienone is 2. The van der Waals surface area contributed by atoms with E-state index in [1.54, 1.807) is 0 Å². The molecule has 0 amide bonds. The van der Waals surface area contributed by atoms with Crippen molar-refractivity contribution < 1.29 is 38.4 Å². The van der Waals surface area contributed by atoms with Gasteiger partial charge in [0.25, 0.3) is 0 Å². The molecule has 3 aromatic rings. The molecule has 0 saturated heterocycles. The predicted octanol–water partition coefficient (Wildman–Crippen LogP) is 2.67. The highest BCUT2D eigenvalue weighted by Crippen LogP contribution is 2.33. The number of aromatic nitrogens is 4. The molecule has 0 aliphatic rings. The Labute approximate surface area is 217 Å². The molecule has 2 atom stereocenters. The van der Waals surface area contributed by atoms with Gasteiger partial charge in [0.15, 0.2) is 5.82 Å². The number of hydrogen-bond donors (Lipinski definition) is 3. The summed E-state index contributed by atoms with van der Waals surface area (Å²) < 4.78 is 39.4. The molecule has 0 aliphatic carbocycles. The zero-order valence-corrected chi connectivity index (χ0v) is 20.6. The number of carboxylic acid groups (broad SMARTS) is 1. The SMILES string of the molecule is COCCOCn1nnnc1C(C=CC(O)CC(O)CC(=O)O)=C(c1ccc(F)cc1)c1ccc(F)cc1. The Balaban J connectivity index is 2.13. The van der Waals surface area contributed by atoms with E-state index in [-0.39, 0.29) is 25.6 Å². The van der Waals surface area contributed by atoms with Crippen LogP contribution in [-0.4, -0.2) is 74.0 Å². The lowest BCUT2D eigenvalue weighted by Crippen LogP contribution is -2.19. The van der Waals surface area contributed by atoms with E-state index in [0.29, 0.717) is 28.9 Å². The van der Waals surface area contributed by atoms with Crippen LogP contribution in [0.5, 0.6) is 0 Å². The zero-order valence-electron chi connectivity index (χ0n) is 20.6. The average Bonchev–Trinajstić information content (AvgIpc) is 3.33. The van der Waals surface area contributed by atoms with Gasteiger partial charge in [0.1, 0.15) is 18.4 Å². The third-order valence-corrected chi connectivity index (χ3v) is 5.36. The molecule has 3 rings (SSSR count). The number of carboxylic acids is 1. The molecule has 0 radical (unpaired) electrons. The standard InChI is InChI=1S/C26H28F2N4O6/c1-37-12-13-38-16-32-26(29-30-31-32)23(11-10-21(33)14-22(34)15-24(35)36)25(17-2-6-19(27)7-3-17)18-4-8-20(28)9-5-18/h2-11,21-22,33-34H,12-16H2,1H3,(H,35,36). The van der Waals surface area contributed by atoms with E-state index >= 15 is 0 Å². The molecule has 10 nitrogen and oxygen atoms in total. The monoisotopic (exact) mass is 530 g/mol. The van der Waals surface area contributed by atoms with Crippen LogP contribution in [0.4, 0.5) is 8.78 Å². The van der Waals surface area contributed by atoms with Gasteiger partial charge >= 0.3 is 5.97 Å². The van der Waals surface area contributed by atoms with Crippen LogP contribution in [0, 0.1) is 11.6 Å². The van der Waals surface area contributed by atoms with Crippen LogP contribution >= 0.6 is 0 Å². The molecule has 0 aliphatic heterocycles. The summed E-state index contributed by atoms with van der Waals surface area (Å²) in [5.74, 6) is -1.88. The molecule has 0 saturated carbocycles. The number of aliphatic hydroxyl groups excluding tert-OH is 2. The number of aliphatic hydroxyl groups is 2. The summed E-state index contributed by atoms with van der Waals surface area (Å²) in [7, 11) is 1.54. The minimum absolute atomic E-state index is 0.0387. The molecule has 1 aromatic heterocycles. The van der Waals surface area contributed by atoms with Crippen molar-refractivity contribution in [2.45, 2.75) is 31.8 Å². The highest BCUT2D eigenvalue weighted by atomic mass is 19.1. The molecule has 2 aromatic carbocycles. The van der Waals surface area contributed by atoms with Gasteiger partial charge in [-0.25, -0.2) is 8.78 Å². The summed E-state index contributed by atoms with van der Waals surface area (Å²) in [6.07, 6.45) is -0.377. The van der Waals surface area contributed by atoms with Crippen molar-refractivity contribution in [3.8, 4) is 0 Å². The fourth-order valence-corrected chi connectivity index (χ4v) is 3.61. The maximum Gasteiger partial charge on any atom is 0.305 e. The highest BCUT2D eigenvalue weighted by molar-refractivity contribution is 6.00. The van der Waals surface area contributed by atoms with Crippen molar-refractivity contribution >= 4 is 17.1 Å². The molecule has 12 heteroatoms. The summed E-state index contributed by atoms with van der Waals surface area (Å²) in [5, 5.41) is 41.1. The molecule has 38 heavy (non-hydrogen) atoms. The number of hydrogen-bond acceptors (Lipinski definition) is 8. The molecule has 2 unspecified atom stereocenters. The van der Waals surface area contributed by atoms with Gasteiger partial charge in [0.05, 0.1) is 31.8 Å². The minimum atomic E-state index is -1.27. The second-order valence-electron chi connectivity index (χ2n) is 8.25. The third-order valence-electron chi connectivity index (χ3n) is 5.36. The summed E-state index contributed by atoms with van der Waals surface area (Å²) >= 11 is 0. The Morgan fingerprint density at radius 2 is 1.63 bits per heavy atom. The van der Waals surface area contributed by atoms with Gasteiger partial charge in [-0.15, -0.1) is 5.10 Å².